The van der Waals surface area contributed by atoms with Crippen molar-refractivity contribution in [3.05, 3.63) is 75.7 Å². The summed E-state index contributed by atoms with van der Waals surface area (Å²) in [6.45, 7) is 10.4. The van der Waals surface area contributed by atoms with Gasteiger partial charge in [-0.15, -0.1) is 0 Å². The summed E-state index contributed by atoms with van der Waals surface area (Å²) in [6, 6.07) is 14.7. The summed E-state index contributed by atoms with van der Waals surface area (Å²) < 4.78 is 3.62. The van der Waals surface area contributed by atoms with Gasteiger partial charge < -0.3 is 10.4 Å². The maximum Gasteiger partial charge on any atom is 0.350 e. The molecule has 5 rings (SSSR count). The molecule has 0 spiro atoms. The van der Waals surface area contributed by atoms with Gasteiger partial charge in [-0.2, -0.15) is 8.97 Å². The van der Waals surface area contributed by atoms with Crippen molar-refractivity contribution < 1.29 is 9.67 Å². The highest BCUT2D eigenvalue weighted by Gasteiger charge is 2.33. The molecule has 0 radical (unpaired) electrons. The van der Waals surface area contributed by atoms with E-state index >= 15 is 0 Å². The number of aromatic hydroxyl groups is 1. The van der Waals surface area contributed by atoms with Gasteiger partial charge >= 0.3 is 5.56 Å². The lowest BCUT2D eigenvalue weighted by Gasteiger charge is -2.36. The van der Waals surface area contributed by atoms with E-state index < -0.39 is 0 Å². The lowest BCUT2D eigenvalue weighted by Crippen LogP contribution is -2.48. The minimum Gasteiger partial charge on any atom is -0.477 e. The Kier molecular flexibility index (Phi) is 5.75. The molecule has 174 valence electrons. The van der Waals surface area contributed by atoms with E-state index in [1.165, 1.54) is 24.0 Å². The zero-order valence-electron chi connectivity index (χ0n) is 19.9. The summed E-state index contributed by atoms with van der Waals surface area (Å²) >= 11 is 0. The maximum absolute atomic E-state index is 13.4. The summed E-state index contributed by atoms with van der Waals surface area (Å²) in [7, 11) is 0. The normalized spacial score (nSPS) is 19.8. The van der Waals surface area contributed by atoms with Crippen LogP contribution in [0, 0.1) is 5.92 Å². The predicted octanol–water partition coefficient (Wildman–Crippen LogP) is 3.15. The van der Waals surface area contributed by atoms with Crippen molar-refractivity contribution in [3.63, 3.8) is 0 Å². The van der Waals surface area contributed by atoms with Crippen LogP contribution in [0.15, 0.2) is 53.5 Å². The fourth-order valence-corrected chi connectivity index (χ4v) is 4.89. The Morgan fingerprint density at radius 3 is 2.58 bits per heavy atom. The Labute approximate surface area is 195 Å². The molecular weight excluding hydrogens is 412 g/mol. The predicted molar refractivity (Wildman–Crippen MR) is 129 cm³/mol. The highest BCUT2D eigenvalue weighted by atomic mass is 16.3. The van der Waals surface area contributed by atoms with Gasteiger partial charge in [0.2, 0.25) is 0 Å². The highest BCUT2D eigenvalue weighted by molar-refractivity contribution is 5.36. The average Bonchev–Trinajstić information content (AvgIpc) is 3.63. The second-order valence-corrected chi connectivity index (χ2v) is 10.7. The van der Waals surface area contributed by atoms with Crippen LogP contribution in [0.2, 0.25) is 0 Å². The maximum atomic E-state index is 13.4. The van der Waals surface area contributed by atoms with Crippen LogP contribution < -0.4 is 15.4 Å². The van der Waals surface area contributed by atoms with Gasteiger partial charge in [0.15, 0.2) is 0 Å². The van der Waals surface area contributed by atoms with Crippen molar-refractivity contribution in [2.45, 2.75) is 58.2 Å². The van der Waals surface area contributed by atoms with Gasteiger partial charge in [0.25, 0.3) is 11.5 Å². The topological polar surface area (TPSA) is 60.9 Å². The van der Waals surface area contributed by atoms with Gasteiger partial charge in [0.1, 0.15) is 5.56 Å². The molecule has 6 nitrogen and oxygen atoms in total. The summed E-state index contributed by atoms with van der Waals surface area (Å²) in [6.07, 6.45) is 4.18. The fraction of sp³-hybridized carbons (Fsp3) is 0.481. The van der Waals surface area contributed by atoms with Crippen molar-refractivity contribution in [1.29, 1.82) is 0 Å². The number of fused-ring (bicyclic) bond motifs is 1. The van der Waals surface area contributed by atoms with Crippen LogP contribution in [0.1, 0.15) is 56.3 Å². The molecule has 3 heterocycles. The molecule has 1 aromatic carbocycles. The molecule has 1 aliphatic carbocycles. The molecular formula is C27H35N4O2+. The molecule has 2 N–H and O–H groups in total. The molecule has 1 atom stereocenters. The first-order valence-electron chi connectivity index (χ1n) is 12.1. The van der Waals surface area contributed by atoms with Gasteiger partial charge in [-0.1, -0.05) is 51.1 Å². The number of hydrogen-bond donors (Lipinski definition) is 2. The van der Waals surface area contributed by atoms with Crippen molar-refractivity contribution in [2.24, 2.45) is 5.92 Å². The lowest BCUT2D eigenvalue weighted by atomic mass is 9.86. The molecule has 2 fully saturated rings. The molecule has 1 saturated heterocycles. The third-order valence-electron chi connectivity index (χ3n) is 7.13. The molecule has 3 aromatic rings. The van der Waals surface area contributed by atoms with Gasteiger partial charge in [0, 0.05) is 38.3 Å². The summed E-state index contributed by atoms with van der Waals surface area (Å²) in [5.41, 5.74) is 3.77. The lowest BCUT2D eigenvalue weighted by molar-refractivity contribution is -0.684. The number of rotatable bonds is 5. The third kappa shape index (κ3) is 4.42. The number of hydrogen-bond acceptors (Lipinski definition) is 4. The molecule has 1 unspecified atom stereocenters. The number of piperazine rings is 1. The smallest absolute Gasteiger partial charge is 0.350 e. The first-order chi connectivity index (χ1) is 15.8. The summed E-state index contributed by atoms with van der Waals surface area (Å²) in [5.74, 6) is 0.710. The summed E-state index contributed by atoms with van der Waals surface area (Å²) in [5, 5.41) is 14.8. The van der Waals surface area contributed by atoms with E-state index in [-0.39, 0.29) is 22.9 Å². The van der Waals surface area contributed by atoms with Crippen LogP contribution in [0.25, 0.3) is 5.65 Å². The van der Waals surface area contributed by atoms with E-state index in [0.717, 1.165) is 31.8 Å². The Hall–Kier alpha value is -2.70. The number of nitrogens with one attached hydrogen (secondary N) is 1. The Morgan fingerprint density at radius 1 is 1.12 bits per heavy atom. The molecule has 0 amide bonds. The number of pyridine rings is 1. The van der Waals surface area contributed by atoms with E-state index in [9.17, 15) is 9.90 Å². The molecule has 1 saturated carbocycles. The number of nitrogens with zero attached hydrogens (tertiary/aromatic N) is 3. The number of benzene rings is 1. The van der Waals surface area contributed by atoms with E-state index in [1.54, 1.807) is 4.40 Å². The standard InChI is InChI=1S/C27H34N4O2/c1-27(2,3)21-11-9-20(10-12-21)23-16-28-13-15-29(23)18-22-25(32)30-14-5-4-6-24(30)31(26(22)33)17-19-7-8-19/h4-6,9-12,14,19,23,28H,7-8,13,15-18H2,1-3H3/p+1. The minimum atomic E-state index is -0.129. The molecule has 33 heavy (non-hydrogen) atoms. The van der Waals surface area contributed by atoms with Crippen LogP contribution in [0.4, 0.5) is 0 Å². The van der Waals surface area contributed by atoms with Gasteiger partial charge in [-0.25, -0.2) is 4.79 Å². The fourth-order valence-electron chi connectivity index (χ4n) is 4.89. The molecule has 2 aromatic heterocycles. The average molecular weight is 448 g/mol. The van der Waals surface area contributed by atoms with Crippen molar-refractivity contribution >= 4 is 5.65 Å². The van der Waals surface area contributed by atoms with E-state index in [0.29, 0.717) is 18.0 Å². The quantitative estimate of drug-likeness (QED) is 0.590. The largest absolute Gasteiger partial charge is 0.477 e. The van der Waals surface area contributed by atoms with Crippen LogP contribution in [0.3, 0.4) is 0 Å². The van der Waals surface area contributed by atoms with Crippen molar-refractivity contribution in [1.82, 2.24) is 14.6 Å². The van der Waals surface area contributed by atoms with Crippen LogP contribution in [-0.2, 0) is 18.5 Å². The van der Waals surface area contributed by atoms with E-state index in [2.05, 4.69) is 55.3 Å². The summed E-state index contributed by atoms with van der Waals surface area (Å²) in [4.78, 5) is 15.8. The zero-order chi connectivity index (χ0) is 23.2. The van der Waals surface area contributed by atoms with Crippen LogP contribution in [0.5, 0.6) is 5.88 Å². The molecule has 1 aliphatic heterocycles. The van der Waals surface area contributed by atoms with Crippen molar-refractivity contribution in [3.8, 4) is 5.88 Å². The molecule has 2 aliphatic rings. The Balaban J connectivity index is 1.50. The minimum absolute atomic E-state index is 0.115. The Bertz CT molecular complexity index is 1210. The zero-order valence-corrected chi connectivity index (χ0v) is 19.9. The third-order valence-corrected chi connectivity index (χ3v) is 7.13. The van der Waals surface area contributed by atoms with Crippen molar-refractivity contribution in [2.75, 3.05) is 19.6 Å². The first kappa shape index (κ1) is 22.1. The Morgan fingerprint density at radius 2 is 1.88 bits per heavy atom. The van der Waals surface area contributed by atoms with Gasteiger partial charge in [-0.05, 0) is 41.4 Å². The van der Waals surface area contributed by atoms with Gasteiger partial charge in [-0.3, -0.25) is 4.90 Å². The second kappa shape index (κ2) is 8.58. The van der Waals surface area contributed by atoms with Crippen LogP contribution in [-0.4, -0.2) is 34.0 Å². The second-order valence-electron chi connectivity index (χ2n) is 10.7. The monoisotopic (exact) mass is 447 g/mol. The van der Waals surface area contributed by atoms with Gasteiger partial charge in [0.05, 0.1) is 12.7 Å². The van der Waals surface area contributed by atoms with Crippen LogP contribution >= 0.6 is 0 Å². The highest BCUT2D eigenvalue weighted by Crippen LogP contribution is 2.31. The van der Waals surface area contributed by atoms with E-state index in [1.807, 2.05) is 29.0 Å². The SMILES string of the molecule is CC(C)(C)c1ccc(C2CNCCN2Cc2c(O)[n+](CC3CC3)c3ccccn3c2=O)cc1. The van der Waals surface area contributed by atoms with E-state index in [4.69, 9.17) is 0 Å². The number of aromatic nitrogens is 2. The molecule has 6 heteroatoms. The first-order valence-corrected chi connectivity index (χ1v) is 12.1. The molecule has 0 bridgehead atoms.